The smallest absolute Gasteiger partial charge is 0.258 e. The topological polar surface area (TPSA) is 92.7 Å². The van der Waals surface area contributed by atoms with Gasteiger partial charge in [0.25, 0.3) is 5.69 Å². The number of aromatic nitrogens is 2. The molecule has 0 bridgehead atoms. The molecule has 1 aliphatic carbocycles. The van der Waals surface area contributed by atoms with E-state index in [1.54, 1.807) is 12.1 Å². The van der Waals surface area contributed by atoms with E-state index in [0.29, 0.717) is 22.3 Å². The van der Waals surface area contributed by atoms with E-state index < -0.39 is 4.92 Å². The van der Waals surface area contributed by atoms with E-state index in [1.165, 1.54) is 23.9 Å². The van der Waals surface area contributed by atoms with Crippen LogP contribution in [0, 0.1) is 28.4 Å². The van der Waals surface area contributed by atoms with Crippen molar-refractivity contribution in [3.05, 3.63) is 57.0 Å². The van der Waals surface area contributed by atoms with Gasteiger partial charge in [0, 0.05) is 23.8 Å². The van der Waals surface area contributed by atoms with Gasteiger partial charge in [0.1, 0.15) is 22.5 Å². The molecule has 1 heterocycles. The number of nitro groups is 1. The zero-order valence-corrected chi connectivity index (χ0v) is 13.3. The number of hydrogen-bond acceptors (Lipinski definition) is 6. The number of aryl methyl sites for hydroxylation is 1. The molecule has 6 nitrogen and oxygen atoms in total. The highest BCUT2D eigenvalue weighted by atomic mass is 32.2. The SMILES string of the molecule is Cc1nc(C2CC2)nc(SCc2ccc([N+](=O)[O-])cc2)c1C#N. The van der Waals surface area contributed by atoms with Gasteiger partial charge in [0.2, 0.25) is 0 Å². The minimum Gasteiger partial charge on any atom is -0.258 e. The van der Waals surface area contributed by atoms with Gasteiger partial charge in [0.05, 0.1) is 10.6 Å². The van der Waals surface area contributed by atoms with Gasteiger partial charge >= 0.3 is 0 Å². The number of nitriles is 1. The lowest BCUT2D eigenvalue weighted by Crippen LogP contribution is -2.01. The summed E-state index contributed by atoms with van der Waals surface area (Å²) in [4.78, 5) is 19.2. The monoisotopic (exact) mass is 326 g/mol. The van der Waals surface area contributed by atoms with Gasteiger partial charge in [-0.1, -0.05) is 12.1 Å². The van der Waals surface area contributed by atoms with Crippen LogP contribution in [0.2, 0.25) is 0 Å². The standard InChI is InChI=1S/C16H14N4O2S/c1-10-14(8-17)16(19-15(18-10)12-4-5-12)23-9-11-2-6-13(7-3-11)20(21)22/h2-3,6-7,12H,4-5,9H2,1H3. The van der Waals surface area contributed by atoms with Crippen LogP contribution in [0.1, 0.15) is 41.4 Å². The molecule has 0 unspecified atom stereocenters. The van der Waals surface area contributed by atoms with Crippen LogP contribution in [0.15, 0.2) is 29.3 Å². The molecule has 23 heavy (non-hydrogen) atoms. The molecule has 0 radical (unpaired) electrons. The lowest BCUT2D eigenvalue weighted by molar-refractivity contribution is -0.384. The summed E-state index contributed by atoms with van der Waals surface area (Å²) in [6, 6.07) is 8.61. The number of rotatable bonds is 5. The molecule has 0 atom stereocenters. The molecule has 2 aromatic rings. The quantitative estimate of drug-likeness (QED) is 0.360. The maximum absolute atomic E-state index is 10.7. The van der Waals surface area contributed by atoms with Crippen LogP contribution in [0.5, 0.6) is 0 Å². The van der Waals surface area contributed by atoms with Crippen molar-refractivity contribution in [1.29, 1.82) is 5.26 Å². The van der Waals surface area contributed by atoms with E-state index in [9.17, 15) is 15.4 Å². The third kappa shape index (κ3) is 3.48. The Bertz CT molecular complexity index is 795. The summed E-state index contributed by atoms with van der Waals surface area (Å²) in [6.45, 7) is 1.84. The number of non-ortho nitro benzene ring substituents is 1. The van der Waals surface area contributed by atoms with Crippen molar-refractivity contribution in [1.82, 2.24) is 9.97 Å². The molecular weight excluding hydrogens is 312 g/mol. The van der Waals surface area contributed by atoms with Crippen LogP contribution in [-0.4, -0.2) is 14.9 Å². The van der Waals surface area contributed by atoms with Gasteiger partial charge in [-0.25, -0.2) is 9.97 Å². The molecule has 116 valence electrons. The second kappa shape index (κ2) is 6.34. The number of nitro benzene ring substituents is 1. The number of benzene rings is 1. The van der Waals surface area contributed by atoms with Crippen LogP contribution in [-0.2, 0) is 5.75 Å². The highest BCUT2D eigenvalue weighted by molar-refractivity contribution is 7.98. The highest BCUT2D eigenvalue weighted by Gasteiger charge is 2.28. The third-order valence-corrected chi connectivity index (χ3v) is 4.70. The van der Waals surface area contributed by atoms with E-state index in [4.69, 9.17) is 0 Å². The fourth-order valence-electron chi connectivity index (χ4n) is 2.19. The van der Waals surface area contributed by atoms with Gasteiger partial charge < -0.3 is 0 Å². The average molecular weight is 326 g/mol. The maximum atomic E-state index is 10.7. The molecule has 0 aliphatic heterocycles. The molecule has 1 saturated carbocycles. The van der Waals surface area contributed by atoms with Gasteiger partial charge in [0.15, 0.2) is 0 Å². The Hall–Kier alpha value is -2.46. The first-order valence-corrected chi connectivity index (χ1v) is 8.22. The Labute approximate surface area is 137 Å². The zero-order valence-electron chi connectivity index (χ0n) is 12.5. The molecule has 0 spiro atoms. The second-order valence-electron chi connectivity index (χ2n) is 5.45. The first-order chi connectivity index (χ1) is 11.1. The summed E-state index contributed by atoms with van der Waals surface area (Å²) in [6.07, 6.45) is 2.22. The van der Waals surface area contributed by atoms with Crippen molar-refractivity contribution < 1.29 is 4.92 Å². The third-order valence-electron chi connectivity index (χ3n) is 3.65. The average Bonchev–Trinajstić information content (AvgIpc) is 3.37. The van der Waals surface area contributed by atoms with E-state index in [0.717, 1.165) is 29.9 Å². The van der Waals surface area contributed by atoms with E-state index >= 15 is 0 Å². The predicted octanol–water partition coefficient (Wildman–Crippen LogP) is 3.73. The minimum atomic E-state index is -0.416. The Kier molecular flexibility index (Phi) is 4.26. The molecule has 1 aromatic carbocycles. The predicted molar refractivity (Wildman–Crippen MR) is 86.1 cm³/mol. The molecule has 0 saturated heterocycles. The molecule has 1 fully saturated rings. The minimum absolute atomic E-state index is 0.0744. The molecule has 0 amide bonds. The summed E-state index contributed by atoms with van der Waals surface area (Å²) in [7, 11) is 0. The number of hydrogen-bond donors (Lipinski definition) is 0. The molecule has 1 aromatic heterocycles. The Balaban J connectivity index is 1.79. The van der Waals surface area contributed by atoms with Crippen molar-refractivity contribution in [3.63, 3.8) is 0 Å². The van der Waals surface area contributed by atoms with Gasteiger partial charge in [-0.2, -0.15) is 5.26 Å². The number of thioether (sulfide) groups is 1. The fourth-order valence-corrected chi connectivity index (χ4v) is 3.18. The van der Waals surface area contributed by atoms with Crippen LogP contribution in [0.25, 0.3) is 0 Å². The van der Waals surface area contributed by atoms with E-state index in [1.807, 2.05) is 6.92 Å². The van der Waals surface area contributed by atoms with Gasteiger partial charge in [-0.15, -0.1) is 11.8 Å². The molecule has 3 rings (SSSR count). The van der Waals surface area contributed by atoms with Crippen molar-refractivity contribution in [2.24, 2.45) is 0 Å². The van der Waals surface area contributed by atoms with Crippen LogP contribution < -0.4 is 0 Å². The van der Waals surface area contributed by atoms with Crippen LogP contribution in [0.4, 0.5) is 5.69 Å². The molecule has 0 N–H and O–H groups in total. The van der Waals surface area contributed by atoms with Crippen LogP contribution in [0.3, 0.4) is 0 Å². The summed E-state index contributed by atoms with van der Waals surface area (Å²) in [5.74, 6) is 1.86. The molecule has 1 aliphatic rings. The van der Waals surface area contributed by atoms with E-state index in [-0.39, 0.29) is 5.69 Å². The lowest BCUT2D eigenvalue weighted by atomic mass is 10.2. The Morgan fingerprint density at radius 3 is 2.61 bits per heavy atom. The van der Waals surface area contributed by atoms with Crippen molar-refractivity contribution in [2.75, 3.05) is 0 Å². The fraction of sp³-hybridized carbons (Fsp3) is 0.312. The van der Waals surface area contributed by atoms with Crippen LogP contribution >= 0.6 is 11.8 Å². The zero-order chi connectivity index (χ0) is 16.4. The molecular formula is C16H14N4O2S. The Morgan fingerprint density at radius 2 is 2.04 bits per heavy atom. The first kappa shape index (κ1) is 15.4. The molecule has 7 heteroatoms. The first-order valence-electron chi connectivity index (χ1n) is 7.23. The summed E-state index contributed by atoms with van der Waals surface area (Å²) >= 11 is 1.47. The normalized spacial score (nSPS) is 13.6. The largest absolute Gasteiger partial charge is 0.269 e. The van der Waals surface area contributed by atoms with Crippen molar-refractivity contribution >= 4 is 17.4 Å². The van der Waals surface area contributed by atoms with Crippen molar-refractivity contribution in [2.45, 2.75) is 36.5 Å². The van der Waals surface area contributed by atoms with E-state index in [2.05, 4.69) is 16.0 Å². The second-order valence-corrected chi connectivity index (χ2v) is 6.41. The summed E-state index contributed by atoms with van der Waals surface area (Å²) in [5.41, 5.74) is 2.26. The highest BCUT2D eigenvalue weighted by Crippen LogP contribution is 2.39. The summed E-state index contributed by atoms with van der Waals surface area (Å²) in [5, 5.41) is 20.7. The number of nitrogens with zero attached hydrogens (tertiary/aromatic N) is 4. The lowest BCUT2D eigenvalue weighted by Gasteiger charge is -2.08. The van der Waals surface area contributed by atoms with Crippen molar-refractivity contribution in [3.8, 4) is 6.07 Å². The van der Waals surface area contributed by atoms with Gasteiger partial charge in [-0.05, 0) is 25.3 Å². The Morgan fingerprint density at radius 1 is 1.35 bits per heavy atom. The maximum Gasteiger partial charge on any atom is 0.269 e. The summed E-state index contributed by atoms with van der Waals surface area (Å²) < 4.78 is 0. The van der Waals surface area contributed by atoms with Gasteiger partial charge in [-0.3, -0.25) is 10.1 Å².